The minimum atomic E-state index is -0.392. The molecule has 0 radical (unpaired) electrons. The lowest BCUT2D eigenvalue weighted by molar-refractivity contribution is 0.0968. The first-order valence-corrected chi connectivity index (χ1v) is 5.16. The van der Waals surface area contributed by atoms with E-state index in [9.17, 15) is 9.50 Å². The molecule has 0 bridgehead atoms. The third-order valence-electron chi connectivity index (χ3n) is 2.28. The van der Waals surface area contributed by atoms with Gasteiger partial charge in [-0.25, -0.2) is 4.39 Å². The van der Waals surface area contributed by atoms with Crippen molar-refractivity contribution in [2.75, 3.05) is 6.61 Å². The highest BCUT2D eigenvalue weighted by Crippen LogP contribution is 2.16. The topological polar surface area (TPSA) is 29.5 Å². The fourth-order valence-corrected chi connectivity index (χ4v) is 1.18. The molecule has 0 aliphatic rings. The number of benzene rings is 1. The minimum absolute atomic E-state index is 0.203. The maximum absolute atomic E-state index is 13.1. The number of aliphatic hydroxyl groups excluding tert-OH is 1. The number of rotatable bonds is 5. The molecular weight excluding hydrogens is 195 g/mol. The van der Waals surface area contributed by atoms with Crippen molar-refractivity contribution in [1.82, 2.24) is 0 Å². The molecule has 0 spiro atoms. The lowest BCUT2D eigenvalue weighted by atomic mass is 10.1. The summed E-state index contributed by atoms with van der Waals surface area (Å²) in [7, 11) is 0. The van der Waals surface area contributed by atoms with Crippen molar-refractivity contribution < 1.29 is 14.2 Å². The summed E-state index contributed by atoms with van der Waals surface area (Å²) in [4.78, 5) is 0. The van der Waals surface area contributed by atoms with Crippen LogP contribution >= 0.6 is 0 Å². The Balaban J connectivity index is 2.35. The molecule has 1 unspecified atom stereocenters. The minimum Gasteiger partial charge on any atom is -0.490 e. The monoisotopic (exact) mass is 212 g/mol. The number of para-hydroxylation sites is 1. The second-order valence-corrected chi connectivity index (χ2v) is 3.88. The number of hydrogen-bond acceptors (Lipinski definition) is 2. The molecule has 0 heterocycles. The Morgan fingerprint density at radius 1 is 1.33 bits per heavy atom. The Morgan fingerprint density at radius 2 is 2.00 bits per heavy atom. The first-order valence-electron chi connectivity index (χ1n) is 5.16. The molecule has 84 valence electrons. The molecule has 3 heteroatoms. The van der Waals surface area contributed by atoms with E-state index in [-0.39, 0.29) is 17.5 Å². The molecule has 1 atom stereocenters. The highest BCUT2D eigenvalue weighted by atomic mass is 19.1. The van der Waals surface area contributed by atoms with Crippen molar-refractivity contribution in [3.8, 4) is 5.75 Å². The average Bonchev–Trinajstić information content (AvgIpc) is 2.20. The van der Waals surface area contributed by atoms with E-state index in [1.54, 1.807) is 18.2 Å². The summed E-state index contributed by atoms with van der Waals surface area (Å²) >= 11 is 0. The molecule has 0 saturated heterocycles. The molecule has 1 aromatic carbocycles. The number of ether oxygens (including phenoxy) is 1. The van der Waals surface area contributed by atoms with Crippen LogP contribution < -0.4 is 4.74 Å². The summed E-state index contributed by atoms with van der Waals surface area (Å²) in [6.45, 7) is 4.21. The summed E-state index contributed by atoms with van der Waals surface area (Å²) in [5, 5.41) is 9.50. The van der Waals surface area contributed by atoms with Crippen molar-refractivity contribution >= 4 is 0 Å². The smallest absolute Gasteiger partial charge is 0.165 e. The van der Waals surface area contributed by atoms with Crippen LogP contribution in [0.5, 0.6) is 5.75 Å². The van der Waals surface area contributed by atoms with Crippen LogP contribution in [0.4, 0.5) is 4.39 Å². The third kappa shape index (κ3) is 3.88. The van der Waals surface area contributed by atoms with E-state index in [0.29, 0.717) is 13.0 Å². The molecule has 0 saturated carbocycles. The van der Waals surface area contributed by atoms with Crippen LogP contribution in [0.1, 0.15) is 20.3 Å². The Morgan fingerprint density at radius 3 is 2.60 bits per heavy atom. The molecule has 15 heavy (non-hydrogen) atoms. The van der Waals surface area contributed by atoms with E-state index < -0.39 is 6.10 Å². The summed E-state index contributed by atoms with van der Waals surface area (Å²) in [5.74, 6) is 0.0826. The van der Waals surface area contributed by atoms with Crippen molar-refractivity contribution in [2.24, 2.45) is 5.92 Å². The van der Waals surface area contributed by atoms with E-state index in [2.05, 4.69) is 0 Å². The van der Waals surface area contributed by atoms with Gasteiger partial charge in [-0.2, -0.15) is 0 Å². The largest absolute Gasteiger partial charge is 0.490 e. The van der Waals surface area contributed by atoms with Gasteiger partial charge in [-0.1, -0.05) is 26.0 Å². The highest BCUT2D eigenvalue weighted by molar-refractivity contribution is 5.23. The van der Waals surface area contributed by atoms with Crippen molar-refractivity contribution in [1.29, 1.82) is 0 Å². The average molecular weight is 212 g/mol. The maximum Gasteiger partial charge on any atom is 0.165 e. The molecule has 1 aromatic rings. The van der Waals surface area contributed by atoms with Crippen LogP contribution in [0.15, 0.2) is 24.3 Å². The van der Waals surface area contributed by atoms with E-state index in [1.807, 2.05) is 13.8 Å². The summed E-state index contributed by atoms with van der Waals surface area (Å²) in [6, 6.07) is 6.27. The zero-order valence-electron chi connectivity index (χ0n) is 9.11. The summed E-state index contributed by atoms with van der Waals surface area (Å²) in [5.41, 5.74) is 0. The zero-order valence-corrected chi connectivity index (χ0v) is 9.11. The molecule has 0 fully saturated rings. The summed E-state index contributed by atoms with van der Waals surface area (Å²) < 4.78 is 18.3. The third-order valence-corrected chi connectivity index (χ3v) is 2.28. The van der Waals surface area contributed by atoms with Crippen LogP contribution in [0.2, 0.25) is 0 Å². The number of aliphatic hydroxyl groups is 1. The van der Waals surface area contributed by atoms with Crippen LogP contribution in [-0.4, -0.2) is 17.8 Å². The van der Waals surface area contributed by atoms with E-state index in [4.69, 9.17) is 4.74 Å². The van der Waals surface area contributed by atoms with E-state index in [1.165, 1.54) is 6.07 Å². The Kier molecular flexibility index (Phi) is 4.56. The normalized spacial score (nSPS) is 12.9. The van der Waals surface area contributed by atoms with Gasteiger partial charge in [-0.05, 0) is 18.1 Å². The van der Waals surface area contributed by atoms with Gasteiger partial charge in [-0.3, -0.25) is 0 Å². The molecule has 0 aromatic heterocycles. The van der Waals surface area contributed by atoms with Gasteiger partial charge in [-0.15, -0.1) is 0 Å². The van der Waals surface area contributed by atoms with Crippen molar-refractivity contribution in [2.45, 2.75) is 26.4 Å². The number of halogens is 1. The fourth-order valence-electron chi connectivity index (χ4n) is 1.18. The zero-order chi connectivity index (χ0) is 11.3. The molecule has 0 amide bonds. The molecule has 1 N–H and O–H groups in total. The lowest BCUT2D eigenvalue weighted by Gasteiger charge is -2.14. The van der Waals surface area contributed by atoms with Crippen LogP contribution in [0.25, 0.3) is 0 Å². The molecule has 2 nitrogen and oxygen atoms in total. The van der Waals surface area contributed by atoms with Crippen molar-refractivity contribution in [3.63, 3.8) is 0 Å². The molecule has 0 aliphatic heterocycles. The molecule has 0 aliphatic carbocycles. The van der Waals surface area contributed by atoms with Crippen LogP contribution in [0.3, 0.4) is 0 Å². The number of hydrogen-bond donors (Lipinski definition) is 1. The second-order valence-electron chi connectivity index (χ2n) is 3.88. The van der Waals surface area contributed by atoms with E-state index >= 15 is 0 Å². The second kappa shape index (κ2) is 5.71. The quantitative estimate of drug-likeness (QED) is 0.813. The van der Waals surface area contributed by atoms with Gasteiger partial charge in [0.1, 0.15) is 0 Å². The first kappa shape index (κ1) is 12.0. The Hall–Kier alpha value is -1.09. The van der Waals surface area contributed by atoms with Gasteiger partial charge in [0.25, 0.3) is 0 Å². The van der Waals surface area contributed by atoms with Gasteiger partial charge < -0.3 is 9.84 Å². The molecule has 1 rings (SSSR count). The van der Waals surface area contributed by atoms with E-state index in [0.717, 1.165) is 0 Å². The maximum atomic E-state index is 13.1. The Bertz CT molecular complexity index is 299. The standard InChI is InChI=1S/C12H17FO2/c1-9(2)11(14)7-8-15-12-6-4-3-5-10(12)13/h3-6,9,11,14H,7-8H2,1-2H3. The fraction of sp³-hybridized carbons (Fsp3) is 0.500. The van der Waals surface area contributed by atoms with Gasteiger partial charge in [0.05, 0.1) is 12.7 Å². The van der Waals surface area contributed by atoms with Crippen LogP contribution in [0, 0.1) is 11.7 Å². The van der Waals surface area contributed by atoms with Gasteiger partial charge in [0, 0.05) is 6.42 Å². The molecular formula is C12H17FO2. The highest BCUT2D eigenvalue weighted by Gasteiger charge is 2.09. The predicted molar refractivity (Wildman–Crippen MR) is 57.4 cm³/mol. The van der Waals surface area contributed by atoms with Gasteiger partial charge >= 0.3 is 0 Å². The van der Waals surface area contributed by atoms with Crippen molar-refractivity contribution in [3.05, 3.63) is 30.1 Å². The lowest BCUT2D eigenvalue weighted by Crippen LogP contribution is -2.18. The summed E-state index contributed by atoms with van der Waals surface area (Å²) in [6.07, 6.45) is 0.128. The van der Waals surface area contributed by atoms with Crippen LogP contribution in [-0.2, 0) is 0 Å². The first-order chi connectivity index (χ1) is 7.11. The van der Waals surface area contributed by atoms with Gasteiger partial charge in [0.2, 0.25) is 0 Å². The SMILES string of the molecule is CC(C)C(O)CCOc1ccccc1F. The predicted octanol–water partition coefficient (Wildman–Crippen LogP) is 2.61. The Labute approximate surface area is 89.7 Å². The van der Waals surface area contributed by atoms with Gasteiger partial charge in [0.15, 0.2) is 11.6 Å².